The fraction of sp³-hybridized carbons (Fsp3) is 0.727. The first-order valence-electron chi connectivity index (χ1n) is 5.09. The molecule has 0 aliphatic heterocycles. The molecule has 0 saturated heterocycles. The van der Waals surface area contributed by atoms with Crippen LogP contribution in [-0.2, 0) is 0 Å². The van der Waals surface area contributed by atoms with Gasteiger partial charge < -0.3 is 15.8 Å². The second-order valence-corrected chi connectivity index (χ2v) is 3.90. The van der Waals surface area contributed by atoms with Crippen molar-refractivity contribution in [3.8, 4) is 0 Å². The highest BCUT2D eigenvalue weighted by Crippen LogP contribution is 2.13. The van der Waals surface area contributed by atoms with E-state index in [0.717, 1.165) is 17.7 Å². The van der Waals surface area contributed by atoms with Crippen LogP contribution < -0.4 is 5.32 Å². The van der Waals surface area contributed by atoms with Gasteiger partial charge in [-0.2, -0.15) is 0 Å². The molecule has 0 saturated carbocycles. The predicted molar refractivity (Wildman–Crippen MR) is 60.6 cm³/mol. The highest BCUT2D eigenvalue weighted by molar-refractivity contribution is 5.98. The second-order valence-electron chi connectivity index (χ2n) is 3.90. The van der Waals surface area contributed by atoms with Gasteiger partial charge in [0.2, 0.25) is 0 Å². The molecule has 82 valence electrons. The van der Waals surface area contributed by atoms with Crippen LogP contribution in [0.3, 0.4) is 0 Å². The smallest absolute Gasteiger partial charge is 0.0472 e. The number of rotatable bonds is 6. The Kier molecular flexibility index (Phi) is 6.21. The van der Waals surface area contributed by atoms with E-state index in [1.54, 1.807) is 0 Å². The maximum absolute atomic E-state index is 8.91. The van der Waals surface area contributed by atoms with Crippen LogP contribution in [0.4, 0.5) is 0 Å². The van der Waals surface area contributed by atoms with E-state index in [-0.39, 0.29) is 6.61 Å². The molecule has 14 heavy (non-hydrogen) atoms. The third-order valence-electron chi connectivity index (χ3n) is 2.17. The van der Waals surface area contributed by atoms with Crippen LogP contribution in [0.5, 0.6) is 0 Å². The molecule has 0 aromatic rings. The largest absolute Gasteiger partial charge is 0.396 e. The number of aliphatic hydroxyl groups is 1. The minimum atomic E-state index is 0.106. The first-order chi connectivity index (χ1) is 6.52. The van der Waals surface area contributed by atoms with Crippen LogP contribution in [-0.4, -0.2) is 24.5 Å². The van der Waals surface area contributed by atoms with Gasteiger partial charge in [0, 0.05) is 25.1 Å². The summed E-state index contributed by atoms with van der Waals surface area (Å²) >= 11 is 0. The van der Waals surface area contributed by atoms with E-state index < -0.39 is 0 Å². The van der Waals surface area contributed by atoms with Crippen LogP contribution in [0.1, 0.15) is 33.6 Å². The van der Waals surface area contributed by atoms with Crippen LogP contribution >= 0.6 is 0 Å². The summed E-state index contributed by atoms with van der Waals surface area (Å²) in [6.45, 7) is 6.24. The maximum Gasteiger partial charge on any atom is 0.0472 e. The van der Waals surface area contributed by atoms with Crippen molar-refractivity contribution in [2.75, 3.05) is 13.7 Å². The Hall–Kier alpha value is -0.830. The molecule has 0 radical (unpaired) electrons. The van der Waals surface area contributed by atoms with Crippen molar-refractivity contribution >= 4 is 5.71 Å². The summed E-state index contributed by atoms with van der Waals surface area (Å²) in [5.74, 6) is 0.487. The highest BCUT2D eigenvalue weighted by atomic mass is 16.2. The van der Waals surface area contributed by atoms with E-state index in [9.17, 15) is 0 Å². The Morgan fingerprint density at radius 1 is 1.43 bits per heavy atom. The fourth-order valence-electron chi connectivity index (χ4n) is 1.36. The first-order valence-corrected chi connectivity index (χ1v) is 5.09. The summed E-state index contributed by atoms with van der Waals surface area (Å²) in [4.78, 5) is 0. The van der Waals surface area contributed by atoms with Crippen molar-refractivity contribution in [3.05, 3.63) is 11.3 Å². The van der Waals surface area contributed by atoms with Gasteiger partial charge in [0.1, 0.15) is 0 Å². The van der Waals surface area contributed by atoms with Gasteiger partial charge in [-0.3, -0.25) is 0 Å². The topological polar surface area (TPSA) is 56.1 Å². The Balaban J connectivity index is 4.58. The van der Waals surface area contributed by atoms with E-state index in [2.05, 4.69) is 19.2 Å². The Labute approximate surface area is 86.7 Å². The van der Waals surface area contributed by atoms with E-state index in [4.69, 9.17) is 10.5 Å². The van der Waals surface area contributed by atoms with Crippen molar-refractivity contribution < 1.29 is 5.11 Å². The number of aliphatic hydroxyl groups excluding tert-OH is 1. The predicted octanol–water partition coefficient (Wildman–Crippen LogP) is 1.93. The summed E-state index contributed by atoms with van der Waals surface area (Å²) in [5, 5.41) is 19.8. The van der Waals surface area contributed by atoms with Gasteiger partial charge in [-0.05, 0) is 31.3 Å². The van der Waals surface area contributed by atoms with Gasteiger partial charge in [-0.15, -0.1) is 0 Å². The molecule has 0 rings (SSSR count). The molecule has 0 amide bonds. The summed E-state index contributed by atoms with van der Waals surface area (Å²) in [7, 11) is 1.84. The molecule has 0 aromatic carbocycles. The molecule has 0 fully saturated rings. The van der Waals surface area contributed by atoms with Gasteiger partial charge >= 0.3 is 0 Å². The van der Waals surface area contributed by atoms with Crippen LogP contribution in [0.15, 0.2) is 11.3 Å². The lowest BCUT2D eigenvalue weighted by molar-refractivity contribution is 0.300. The summed E-state index contributed by atoms with van der Waals surface area (Å²) in [6.07, 6.45) is 1.34. The number of hydrogen-bond donors (Lipinski definition) is 3. The Bertz CT molecular complexity index is 219. The molecule has 3 nitrogen and oxygen atoms in total. The molecule has 0 aliphatic carbocycles. The van der Waals surface area contributed by atoms with Gasteiger partial charge in [-0.25, -0.2) is 0 Å². The molecule has 3 heteroatoms. The molecule has 0 heterocycles. The Morgan fingerprint density at radius 3 is 2.36 bits per heavy atom. The lowest BCUT2D eigenvalue weighted by atomic mass is 9.97. The fourth-order valence-corrected chi connectivity index (χ4v) is 1.36. The van der Waals surface area contributed by atoms with Gasteiger partial charge in [0.25, 0.3) is 0 Å². The summed E-state index contributed by atoms with van der Waals surface area (Å²) in [6, 6.07) is 0. The average molecular weight is 198 g/mol. The van der Waals surface area contributed by atoms with Crippen molar-refractivity contribution in [1.29, 1.82) is 5.41 Å². The van der Waals surface area contributed by atoms with Gasteiger partial charge in [0.05, 0.1) is 0 Å². The molecule has 0 aromatic heterocycles. The van der Waals surface area contributed by atoms with Crippen molar-refractivity contribution in [3.63, 3.8) is 0 Å². The molecular weight excluding hydrogens is 176 g/mol. The Morgan fingerprint density at radius 2 is 2.00 bits per heavy atom. The summed E-state index contributed by atoms with van der Waals surface area (Å²) < 4.78 is 0. The zero-order chi connectivity index (χ0) is 11.1. The average Bonchev–Trinajstić information content (AvgIpc) is 2.11. The first kappa shape index (κ1) is 13.2. The highest BCUT2D eigenvalue weighted by Gasteiger charge is 2.09. The number of hydrogen-bond acceptors (Lipinski definition) is 3. The standard InChI is InChI=1S/C11H22N2O/c1-8(2)7-11(12)10(5-6-14)9(3)13-4/h8,12-14H,5-7H2,1-4H3/b10-9-,12-11?. The van der Waals surface area contributed by atoms with Crippen molar-refractivity contribution in [2.45, 2.75) is 33.6 Å². The SMILES string of the molecule is CN/C(C)=C(/CCO)C(=N)CC(C)C. The molecule has 0 aliphatic rings. The lowest BCUT2D eigenvalue weighted by Crippen LogP contribution is -2.14. The van der Waals surface area contributed by atoms with Gasteiger partial charge in [-0.1, -0.05) is 13.8 Å². The van der Waals surface area contributed by atoms with E-state index >= 15 is 0 Å². The van der Waals surface area contributed by atoms with E-state index in [0.29, 0.717) is 18.1 Å². The second kappa shape index (κ2) is 6.60. The number of nitrogens with one attached hydrogen (secondary N) is 2. The zero-order valence-electron chi connectivity index (χ0n) is 9.65. The van der Waals surface area contributed by atoms with E-state index in [1.807, 2.05) is 14.0 Å². The zero-order valence-corrected chi connectivity index (χ0v) is 9.65. The molecule has 0 atom stereocenters. The molecule has 0 bridgehead atoms. The monoisotopic (exact) mass is 198 g/mol. The van der Waals surface area contributed by atoms with Crippen LogP contribution in [0.25, 0.3) is 0 Å². The van der Waals surface area contributed by atoms with E-state index in [1.165, 1.54) is 0 Å². The molecule has 0 spiro atoms. The quantitative estimate of drug-likeness (QED) is 0.571. The van der Waals surface area contributed by atoms with Crippen molar-refractivity contribution in [1.82, 2.24) is 5.32 Å². The minimum Gasteiger partial charge on any atom is -0.396 e. The lowest BCUT2D eigenvalue weighted by Gasteiger charge is -2.14. The molecule has 3 N–H and O–H groups in total. The van der Waals surface area contributed by atoms with Gasteiger partial charge in [0.15, 0.2) is 0 Å². The van der Waals surface area contributed by atoms with Crippen LogP contribution in [0, 0.1) is 11.3 Å². The normalized spacial score (nSPS) is 12.7. The maximum atomic E-state index is 8.91. The third kappa shape index (κ3) is 4.42. The minimum absolute atomic E-state index is 0.106. The summed E-state index contributed by atoms with van der Waals surface area (Å²) in [5.41, 5.74) is 2.58. The molecular formula is C11H22N2O. The number of allylic oxidation sites excluding steroid dienone is 1. The van der Waals surface area contributed by atoms with Crippen LogP contribution in [0.2, 0.25) is 0 Å². The van der Waals surface area contributed by atoms with Crippen molar-refractivity contribution in [2.24, 2.45) is 5.92 Å². The third-order valence-corrected chi connectivity index (χ3v) is 2.17. The molecule has 0 unspecified atom stereocenters.